The highest BCUT2D eigenvalue weighted by Gasteiger charge is 2.60. The molecule has 9 unspecified atom stereocenters. The van der Waals surface area contributed by atoms with Crippen molar-refractivity contribution in [3.05, 3.63) is 0 Å². The summed E-state index contributed by atoms with van der Waals surface area (Å²) in [7, 11) is 0. The molecule has 4 rings (SSSR count). The minimum absolute atomic E-state index is 0.0132. The van der Waals surface area contributed by atoms with Crippen LogP contribution in [0.15, 0.2) is 0 Å². The monoisotopic (exact) mass is 574 g/mol. The highest BCUT2D eigenvalue weighted by atomic mass is 16.5. The first-order chi connectivity index (χ1) is 19.6. The smallest absolute Gasteiger partial charge is 0.306 e. The standard InChI is InChI=1S/C35H62N2O4/c1-24(2)7-6-8-25(3)29-11-12-30-28-10-9-26-23-27(15-17-34(26,4)31(28)16-18-35(29,30)5)41-33(40)14-13-32(39)37-20-19-36-21-22-38/h24-31,36,38H,6-23H2,1-5H3,(H,37,39). The summed E-state index contributed by atoms with van der Waals surface area (Å²) in [5, 5.41) is 14.6. The molecule has 0 aromatic heterocycles. The maximum Gasteiger partial charge on any atom is 0.306 e. The van der Waals surface area contributed by atoms with Crippen LogP contribution in [0.2, 0.25) is 0 Å². The lowest BCUT2D eigenvalue weighted by atomic mass is 9.44. The third-order valence-electron chi connectivity index (χ3n) is 12.6. The fourth-order valence-electron chi connectivity index (χ4n) is 10.4. The SMILES string of the molecule is CC(C)CCCC(C)C1CCC2C3CCC4CC(OC(=O)CCC(=O)NCCNCCO)CCC4(C)C3CCC12C. The Bertz CT molecular complexity index is 863. The lowest BCUT2D eigenvalue weighted by Crippen LogP contribution is -2.54. The molecule has 0 aromatic carbocycles. The second-order valence-corrected chi connectivity index (χ2v) is 15.4. The van der Waals surface area contributed by atoms with E-state index in [1.807, 2.05) is 0 Å². The number of aliphatic hydroxyl groups is 1. The van der Waals surface area contributed by atoms with Crippen LogP contribution in [-0.4, -0.2) is 49.3 Å². The summed E-state index contributed by atoms with van der Waals surface area (Å²) in [5.74, 6) is 5.52. The number of aliphatic hydroxyl groups excluding tert-OH is 1. The average Bonchev–Trinajstić information content (AvgIpc) is 3.29. The summed E-state index contributed by atoms with van der Waals surface area (Å²) in [6.45, 7) is 14.3. The molecule has 4 saturated carbocycles. The van der Waals surface area contributed by atoms with Crippen molar-refractivity contribution >= 4 is 11.9 Å². The van der Waals surface area contributed by atoms with Crippen molar-refractivity contribution in [2.75, 3.05) is 26.2 Å². The Morgan fingerprint density at radius 2 is 1.63 bits per heavy atom. The van der Waals surface area contributed by atoms with Gasteiger partial charge in [-0.25, -0.2) is 0 Å². The Labute approximate surface area is 250 Å². The molecule has 0 spiro atoms. The Kier molecular flexibility index (Phi) is 11.6. The quantitative estimate of drug-likeness (QED) is 0.163. The zero-order valence-electron chi connectivity index (χ0n) is 27.0. The van der Waals surface area contributed by atoms with Gasteiger partial charge < -0.3 is 20.5 Å². The number of esters is 1. The molecule has 4 aliphatic rings. The van der Waals surface area contributed by atoms with E-state index in [-0.39, 0.29) is 37.4 Å². The van der Waals surface area contributed by atoms with Crippen molar-refractivity contribution in [1.82, 2.24) is 10.6 Å². The van der Waals surface area contributed by atoms with Crippen LogP contribution >= 0.6 is 0 Å². The molecule has 6 heteroatoms. The lowest BCUT2D eigenvalue weighted by Gasteiger charge is -2.61. The molecular weight excluding hydrogens is 512 g/mol. The molecule has 4 fully saturated rings. The molecule has 6 nitrogen and oxygen atoms in total. The van der Waals surface area contributed by atoms with Crippen molar-refractivity contribution in [1.29, 1.82) is 0 Å². The van der Waals surface area contributed by atoms with Gasteiger partial charge in [0.05, 0.1) is 13.0 Å². The van der Waals surface area contributed by atoms with Gasteiger partial charge >= 0.3 is 5.97 Å². The molecule has 0 heterocycles. The topological polar surface area (TPSA) is 87.7 Å². The minimum Gasteiger partial charge on any atom is -0.462 e. The highest BCUT2D eigenvalue weighted by Crippen LogP contribution is 2.68. The summed E-state index contributed by atoms with van der Waals surface area (Å²) in [6.07, 6.45) is 16.0. The van der Waals surface area contributed by atoms with Crippen molar-refractivity contribution in [3.63, 3.8) is 0 Å². The lowest BCUT2D eigenvalue weighted by molar-refractivity contribution is -0.163. The van der Waals surface area contributed by atoms with E-state index in [0.29, 0.717) is 36.4 Å². The van der Waals surface area contributed by atoms with Gasteiger partial charge in [-0.15, -0.1) is 0 Å². The minimum atomic E-state index is -0.228. The second kappa shape index (κ2) is 14.6. The van der Waals surface area contributed by atoms with E-state index in [4.69, 9.17) is 9.84 Å². The predicted octanol–water partition coefficient (Wildman–Crippen LogP) is 6.50. The molecule has 3 N–H and O–H groups in total. The van der Waals surface area contributed by atoms with Crippen molar-refractivity contribution < 1.29 is 19.4 Å². The largest absolute Gasteiger partial charge is 0.462 e. The van der Waals surface area contributed by atoms with Gasteiger partial charge in [-0.2, -0.15) is 0 Å². The summed E-state index contributed by atoms with van der Waals surface area (Å²) < 4.78 is 5.94. The third kappa shape index (κ3) is 7.69. The van der Waals surface area contributed by atoms with Crippen LogP contribution in [0.3, 0.4) is 0 Å². The molecule has 0 saturated heterocycles. The molecule has 41 heavy (non-hydrogen) atoms. The van der Waals surface area contributed by atoms with E-state index in [9.17, 15) is 9.59 Å². The maximum absolute atomic E-state index is 12.6. The first kappa shape index (κ1) is 32.8. The number of rotatable bonds is 14. The summed E-state index contributed by atoms with van der Waals surface area (Å²) in [4.78, 5) is 24.7. The Morgan fingerprint density at radius 3 is 2.39 bits per heavy atom. The van der Waals surface area contributed by atoms with Gasteiger partial charge in [-0.3, -0.25) is 9.59 Å². The summed E-state index contributed by atoms with van der Waals surface area (Å²) >= 11 is 0. The van der Waals surface area contributed by atoms with Crippen LogP contribution in [-0.2, 0) is 14.3 Å². The number of ether oxygens (including phenoxy) is 1. The van der Waals surface area contributed by atoms with Crippen LogP contribution in [0.25, 0.3) is 0 Å². The number of hydrogen-bond acceptors (Lipinski definition) is 5. The van der Waals surface area contributed by atoms with Crippen LogP contribution in [0.1, 0.15) is 125 Å². The van der Waals surface area contributed by atoms with E-state index < -0.39 is 0 Å². The first-order valence-corrected chi connectivity index (χ1v) is 17.4. The van der Waals surface area contributed by atoms with Crippen LogP contribution in [0.5, 0.6) is 0 Å². The van der Waals surface area contributed by atoms with E-state index in [2.05, 4.69) is 45.3 Å². The van der Waals surface area contributed by atoms with E-state index >= 15 is 0 Å². The van der Waals surface area contributed by atoms with Crippen molar-refractivity contribution in [3.8, 4) is 0 Å². The molecule has 0 aromatic rings. The molecule has 9 atom stereocenters. The van der Waals surface area contributed by atoms with E-state index in [1.54, 1.807) is 0 Å². The normalized spacial score (nSPS) is 37.1. The molecular formula is C35H62N2O4. The maximum atomic E-state index is 12.6. The second-order valence-electron chi connectivity index (χ2n) is 15.4. The first-order valence-electron chi connectivity index (χ1n) is 17.4. The van der Waals surface area contributed by atoms with Crippen LogP contribution < -0.4 is 10.6 Å². The number of nitrogens with one attached hydrogen (secondary N) is 2. The Morgan fingerprint density at radius 1 is 0.878 bits per heavy atom. The van der Waals surface area contributed by atoms with Gasteiger partial charge in [0.25, 0.3) is 0 Å². The molecule has 0 aliphatic heterocycles. The van der Waals surface area contributed by atoms with Gasteiger partial charge in [0, 0.05) is 26.1 Å². The molecule has 236 valence electrons. The van der Waals surface area contributed by atoms with E-state index in [0.717, 1.165) is 48.3 Å². The zero-order chi connectivity index (χ0) is 29.6. The third-order valence-corrected chi connectivity index (χ3v) is 12.6. The van der Waals surface area contributed by atoms with Gasteiger partial charge in [0.2, 0.25) is 5.91 Å². The van der Waals surface area contributed by atoms with Gasteiger partial charge in [-0.05, 0) is 110 Å². The molecule has 4 aliphatic carbocycles. The number of hydrogen-bond donors (Lipinski definition) is 3. The van der Waals surface area contributed by atoms with Gasteiger partial charge in [0.15, 0.2) is 0 Å². The van der Waals surface area contributed by atoms with Gasteiger partial charge in [-0.1, -0.05) is 53.9 Å². The molecule has 1 amide bonds. The van der Waals surface area contributed by atoms with Crippen LogP contribution in [0.4, 0.5) is 0 Å². The van der Waals surface area contributed by atoms with Crippen molar-refractivity contribution in [2.24, 2.45) is 52.3 Å². The molecule has 0 bridgehead atoms. The number of carbonyl (C=O) groups excluding carboxylic acids is 2. The van der Waals surface area contributed by atoms with Crippen molar-refractivity contribution in [2.45, 2.75) is 131 Å². The predicted molar refractivity (Wildman–Crippen MR) is 165 cm³/mol. The Balaban J connectivity index is 1.25. The summed E-state index contributed by atoms with van der Waals surface area (Å²) in [6, 6.07) is 0. The fourth-order valence-corrected chi connectivity index (χ4v) is 10.4. The average molecular weight is 575 g/mol. The number of fused-ring (bicyclic) bond motifs is 5. The molecule has 0 radical (unpaired) electrons. The summed E-state index contributed by atoms with van der Waals surface area (Å²) in [5.41, 5.74) is 0.925. The fraction of sp³-hybridized carbons (Fsp3) is 0.943. The number of carbonyl (C=O) groups is 2. The highest BCUT2D eigenvalue weighted by molar-refractivity contribution is 5.81. The Hall–Kier alpha value is -1.14. The zero-order valence-corrected chi connectivity index (χ0v) is 27.0. The van der Waals surface area contributed by atoms with Crippen LogP contribution in [0, 0.1) is 52.3 Å². The number of amides is 1. The van der Waals surface area contributed by atoms with E-state index in [1.165, 1.54) is 64.2 Å². The van der Waals surface area contributed by atoms with Gasteiger partial charge in [0.1, 0.15) is 6.10 Å².